The number of imide groups is 1. The van der Waals surface area contributed by atoms with Crippen LogP contribution in [0, 0.1) is 0 Å². The van der Waals surface area contributed by atoms with Crippen molar-refractivity contribution in [3.05, 3.63) is 40.8 Å². The molecule has 2 rings (SSSR count). The Morgan fingerprint density at radius 3 is 2.42 bits per heavy atom. The summed E-state index contributed by atoms with van der Waals surface area (Å²) in [5.41, 5.74) is 0.453. The van der Waals surface area contributed by atoms with Gasteiger partial charge in [-0.1, -0.05) is 0 Å². The van der Waals surface area contributed by atoms with Crippen molar-refractivity contribution in [3.63, 3.8) is 0 Å². The fourth-order valence-electron chi connectivity index (χ4n) is 1.29. The molecule has 0 atom stereocenters. The van der Waals surface area contributed by atoms with Gasteiger partial charge in [0.05, 0.1) is 4.91 Å². The second-order valence-electron chi connectivity index (χ2n) is 3.46. The Morgan fingerprint density at radius 1 is 1.21 bits per heavy atom. The van der Waals surface area contributed by atoms with Crippen LogP contribution in [0.4, 0.5) is 4.79 Å². The molecule has 2 amide bonds. The second kappa shape index (κ2) is 5.49. The Hall–Kier alpha value is -2.41. The maximum atomic E-state index is 11.5. The number of carbonyl (C=O) groups excluding carboxylic acids is 4. The first-order chi connectivity index (χ1) is 9.08. The van der Waals surface area contributed by atoms with Crippen LogP contribution in [0.2, 0.25) is 0 Å². The monoisotopic (exact) mass is 277 g/mol. The molecule has 1 saturated heterocycles. The molecule has 6 nitrogen and oxygen atoms in total. The number of carbonyl (C=O) groups is 4. The SMILES string of the molecule is O=Cc1ccc(OC(=O)C=C2SC(=O)NC2=O)cc1. The minimum absolute atomic E-state index is 0.0143. The van der Waals surface area contributed by atoms with E-state index in [1.54, 1.807) is 0 Å². The van der Waals surface area contributed by atoms with Gasteiger partial charge < -0.3 is 4.74 Å². The van der Waals surface area contributed by atoms with Gasteiger partial charge in [0.2, 0.25) is 0 Å². The normalized spacial score (nSPS) is 16.3. The van der Waals surface area contributed by atoms with E-state index in [1.165, 1.54) is 24.3 Å². The number of amides is 2. The number of nitrogens with one attached hydrogen (secondary N) is 1. The van der Waals surface area contributed by atoms with E-state index in [9.17, 15) is 19.2 Å². The van der Waals surface area contributed by atoms with Crippen molar-refractivity contribution in [2.75, 3.05) is 0 Å². The van der Waals surface area contributed by atoms with E-state index in [4.69, 9.17) is 4.74 Å². The molecule has 0 bridgehead atoms. The van der Waals surface area contributed by atoms with Crippen LogP contribution in [0.3, 0.4) is 0 Å². The summed E-state index contributed by atoms with van der Waals surface area (Å²) in [6.45, 7) is 0. The summed E-state index contributed by atoms with van der Waals surface area (Å²) in [4.78, 5) is 44.0. The molecule has 7 heteroatoms. The molecule has 1 aliphatic heterocycles. The summed E-state index contributed by atoms with van der Waals surface area (Å²) in [5.74, 6) is -1.16. The number of thioether (sulfide) groups is 1. The van der Waals surface area contributed by atoms with E-state index in [2.05, 4.69) is 0 Å². The molecule has 0 spiro atoms. The summed E-state index contributed by atoms with van der Waals surface area (Å²) in [5, 5.41) is 1.49. The van der Waals surface area contributed by atoms with Gasteiger partial charge in [0, 0.05) is 11.6 Å². The van der Waals surface area contributed by atoms with Crippen LogP contribution >= 0.6 is 11.8 Å². The Labute approximate surface area is 111 Å². The Morgan fingerprint density at radius 2 is 1.89 bits per heavy atom. The zero-order valence-corrected chi connectivity index (χ0v) is 10.2. The molecule has 1 fully saturated rings. The van der Waals surface area contributed by atoms with Gasteiger partial charge in [-0.2, -0.15) is 0 Å². The van der Waals surface area contributed by atoms with E-state index in [0.717, 1.165) is 6.08 Å². The van der Waals surface area contributed by atoms with Crippen LogP contribution < -0.4 is 10.1 Å². The topological polar surface area (TPSA) is 89.5 Å². The molecule has 1 N–H and O–H groups in total. The average molecular weight is 277 g/mol. The number of rotatable bonds is 3. The lowest BCUT2D eigenvalue weighted by Gasteiger charge is -2.01. The molecule has 96 valence electrons. The summed E-state index contributed by atoms with van der Waals surface area (Å²) >= 11 is 0.633. The predicted octanol–water partition coefficient (Wildman–Crippen LogP) is 1.27. The van der Waals surface area contributed by atoms with Gasteiger partial charge in [0.25, 0.3) is 11.1 Å². The third kappa shape index (κ3) is 3.29. The quantitative estimate of drug-likeness (QED) is 0.387. The fraction of sp³-hybridized carbons (Fsp3) is 0. The fourth-order valence-corrected chi connectivity index (χ4v) is 1.93. The Balaban J connectivity index is 2.04. The van der Waals surface area contributed by atoms with Gasteiger partial charge in [-0.3, -0.25) is 19.7 Å². The highest BCUT2D eigenvalue weighted by atomic mass is 32.2. The van der Waals surface area contributed by atoms with E-state index in [1.807, 2.05) is 5.32 Å². The molecule has 0 unspecified atom stereocenters. The first-order valence-electron chi connectivity index (χ1n) is 5.10. The summed E-state index contributed by atoms with van der Waals surface area (Å²) in [6.07, 6.45) is 1.61. The van der Waals surface area contributed by atoms with Gasteiger partial charge in [-0.05, 0) is 36.0 Å². The minimum Gasteiger partial charge on any atom is -0.423 e. The maximum Gasteiger partial charge on any atom is 0.337 e. The standard InChI is InChI=1S/C12H7NO5S/c14-6-7-1-3-8(4-2-7)18-10(15)5-9-11(16)13-12(17)19-9/h1-6H,(H,13,16,17). The molecule has 19 heavy (non-hydrogen) atoms. The van der Waals surface area contributed by atoms with Crippen molar-refractivity contribution in [1.82, 2.24) is 5.32 Å². The van der Waals surface area contributed by atoms with Gasteiger partial charge in [0.1, 0.15) is 12.0 Å². The van der Waals surface area contributed by atoms with Crippen LogP contribution in [-0.2, 0) is 9.59 Å². The lowest BCUT2D eigenvalue weighted by Crippen LogP contribution is -2.18. The van der Waals surface area contributed by atoms with Crippen LogP contribution in [-0.4, -0.2) is 23.4 Å². The highest BCUT2D eigenvalue weighted by Gasteiger charge is 2.26. The summed E-state index contributed by atoms with van der Waals surface area (Å²) in [6, 6.07) is 5.88. The molecule has 1 aromatic carbocycles. The van der Waals surface area contributed by atoms with Crippen molar-refractivity contribution in [3.8, 4) is 5.75 Å². The maximum absolute atomic E-state index is 11.5. The van der Waals surface area contributed by atoms with Crippen molar-refractivity contribution in [2.45, 2.75) is 0 Å². The predicted molar refractivity (Wildman–Crippen MR) is 66.7 cm³/mol. The molecule has 1 aromatic rings. The average Bonchev–Trinajstić information content (AvgIpc) is 2.68. The van der Waals surface area contributed by atoms with Crippen molar-refractivity contribution >= 4 is 35.2 Å². The van der Waals surface area contributed by atoms with Gasteiger partial charge in [0.15, 0.2) is 0 Å². The number of ether oxygens (including phenoxy) is 1. The number of benzene rings is 1. The molecule has 0 saturated carbocycles. The molecule has 0 radical (unpaired) electrons. The highest BCUT2D eigenvalue weighted by molar-refractivity contribution is 8.18. The number of esters is 1. The molecule has 1 aliphatic rings. The largest absolute Gasteiger partial charge is 0.423 e. The minimum atomic E-state index is -0.772. The smallest absolute Gasteiger partial charge is 0.337 e. The van der Waals surface area contributed by atoms with Crippen molar-refractivity contribution in [2.24, 2.45) is 0 Å². The first-order valence-corrected chi connectivity index (χ1v) is 5.92. The second-order valence-corrected chi connectivity index (χ2v) is 4.47. The van der Waals surface area contributed by atoms with Gasteiger partial charge >= 0.3 is 5.97 Å². The van der Waals surface area contributed by atoms with E-state index >= 15 is 0 Å². The molecule has 0 aromatic heterocycles. The number of aldehydes is 1. The van der Waals surface area contributed by atoms with Crippen LogP contribution in [0.1, 0.15) is 10.4 Å². The first kappa shape index (κ1) is 13.0. The molecular formula is C12H7NO5S. The van der Waals surface area contributed by atoms with Gasteiger partial charge in [-0.15, -0.1) is 0 Å². The molecule has 1 heterocycles. The third-order valence-electron chi connectivity index (χ3n) is 2.13. The van der Waals surface area contributed by atoms with Crippen LogP contribution in [0.5, 0.6) is 5.75 Å². The van der Waals surface area contributed by atoms with Crippen molar-refractivity contribution in [1.29, 1.82) is 0 Å². The van der Waals surface area contributed by atoms with E-state index in [0.29, 0.717) is 23.6 Å². The molecular weight excluding hydrogens is 270 g/mol. The lowest BCUT2D eigenvalue weighted by atomic mass is 10.2. The van der Waals surface area contributed by atoms with E-state index in [-0.39, 0.29) is 10.7 Å². The van der Waals surface area contributed by atoms with Crippen LogP contribution in [0.25, 0.3) is 0 Å². The zero-order valence-electron chi connectivity index (χ0n) is 9.41. The molecule has 0 aliphatic carbocycles. The van der Waals surface area contributed by atoms with Crippen LogP contribution in [0.15, 0.2) is 35.2 Å². The Bertz CT molecular complexity index is 591. The summed E-state index contributed by atoms with van der Waals surface area (Å²) < 4.78 is 4.92. The third-order valence-corrected chi connectivity index (χ3v) is 2.94. The number of hydrogen-bond donors (Lipinski definition) is 1. The highest BCUT2D eigenvalue weighted by Crippen LogP contribution is 2.23. The van der Waals surface area contributed by atoms with Crippen molar-refractivity contribution < 1.29 is 23.9 Å². The zero-order chi connectivity index (χ0) is 13.8. The lowest BCUT2D eigenvalue weighted by molar-refractivity contribution is -0.129. The Kier molecular flexibility index (Phi) is 3.76. The van der Waals surface area contributed by atoms with E-state index < -0.39 is 17.1 Å². The number of hydrogen-bond acceptors (Lipinski definition) is 6. The summed E-state index contributed by atoms with van der Waals surface area (Å²) in [7, 11) is 0. The van der Waals surface area contributed by atoms with Gasteiger partial charge in [-0.25, -0.2) is 4.79 Å².